The molecule has 1 N–H and O–H groups in total. The van der Waals surface area contributed by atoms with E-state index in [0.717, 1.165) is 60.5 Å². The van der Waals surface area contributed by atoms with Crippen LogP contribution in [0.4, 0.5) is 11.4 Å². The number of nitrogens with one attached hydrogen (secondary N) is 1. The molecule has 4 rings (SSSR count). The summed E-state index contributed by atoms with van der Waals surface area (Å²) < 4.78 is 5.43. The molecule has 2 heterocycles. The molecule has 0 spiro atoms. The van der Waals surface area contributed by atoms with Gasteiger partial charge in [-0.2, -0.15) is 0 Å². The highest BCUT2D eigenvalue weighted by molar-refractivity contribution is 7.13. The minimum Gasteiger partial charge on any atom is -0.379 e. The maximum Gasteiger partial charge on any atom is 0.230 e. The Kier molecular flexibility index (Phi) is 6.96. The van der Waals surface area contributed by atoms with E-state index < -0.39 is 0 Å². The lowest BCUT2D eigenvalue weighted by molar-refractivity contribution is -0.115. The van der Waals surface area contributed by atoms with Crippen LogP contribution in [0.15, 0.2) is 53.9 Å². The molecule has 1 fully saturated rings. The normalized spacial score (nSPS) is 14.4. The molecule has 6 nitrogen and oxygen atoms in total. The van der Waals surface area contributed by atoms with E-state index in [4.69, 9.17) is 9.72 Å². The lowest BCUT2D eigenvalue weighted by Crippen LogP contribution is -2.35. The topological polar surface area (TPSA) is 57.7 Å². The third-order valence-corrected chi connectivity index (χ3v) is 6.18. The van der Waals surface area contributed by atoms with Crippen molar-refractivity contribution in [2.45, 2.75) is 13.0 Å². The van der Waals surface area contributed by atoms with Crippen molar-refractivity contribution in [2.75, 3.05) is 50.6 Å². The number of benzene rings is 2. The van der Waals surface area contributed by atoms with Crippen molar-refractivity contribution in [1.82, 2.24) is 9.88 Å². The first-order valence-corrected chi connectivity index (χ1v) is 11.4. The summed E-state index contributed by atoms with van der Waals surface area (Å²) in [6.45, 7) is 4.47. The second kappa shape index (κ2) is 10.0. The number of hydrogen-bond donors (Lipinski definition) is 1. The molecule has 1 amide bonds. The summed E-state index contributed by atoms with van der Waals surface area (Å²) in [7, 11) is 3.98. The molecule has 1 aliphatic heterocycles. The Morgan fingerprint density at radius 3 is 2.68 bits per heavy atom. The third-order valence-electron chi connectivity index (χ3n) is 5.24. The summed E-state index contributed by atoms with van der Waals surface area (Å²) in [5.41, 5.74) is 5.05. The Morgan fingerprint density at radius 2 is 1.94 bits per heavy atom. The maximum absolute atomic E-state index is 12.4. The van der Waals surface area contributed by atoms with E-state index in [-0.39, 0.29) is 12.3 Å². The van der Waals surface area contributed by atoms with Crippen LogP contribution in [0.2, 0.25) is 0 Å². The van der Waals surface area contributed by atoms with Crippen molar-refractivity contribution in [3.63, 3.8) is 0 Å². The molecule has 0 unspecified atom stereocenters. The third kappa shape index (κ3) is 5.91. The number of nitrogens with zero attached hydrogens (tertiary/aromatic N) is 3. The van der Waals surface area contributed by atoms with Gasteiger partial charge in [-0.25, -0.2) is 4.98 Å². The average Bonchev–Trinajstić information content (AvgIpc) is 3.23. The SMILES string of the molecule is CN(C)c1ccc(NC(=O)Cc2csc(-c3cccc(CN4CCOCC4)c3)n2)cc1. The van der Waals surface area contributed by atoms with E-state index in [1.165, 1.54) is 5.56 Å². The number of hydrogen-bond acceptors (Lipinski definition) is 6. The molecule has 1 saturated heterocycles. The number of carbonyl (C=O) groups is 1. The van der Waals surface area contributed by atoms with E-state index in [0.29, 0.717) is 0 Å². The fourth-order valence-corrected chi connectivity index (χ4v) is 4.37. The Balaban J connectivity index is 1.36. The molecule has 1 aliphatic rings. The van der Waals surface area contributed by atoms with E-state index >= 15 is 0 Å². The number of rotatable bonds is 7. The molecule has 1 aromatic heterocycles. The van der Waals surface area contributed by atoms with Crippen LogP contribution < -0.4 is 10.2 Å². The van der Waals surface area contributed by atoms with Gasteiger partial charge in [0.2, 0.25) is 5.91 Å². The van der Waals surface area contributed by atoms with Gasteiger partial charge in [-0.15, -0.1) is 11.3 Å². The first kappa shape index (κ1) is 21.5. The predicted molar refractivity (Wildman–Crippen MR) is 127 cm³/mol. The number of aromatic nitrogens is 1. The molecule has 0 bridgehead atoms. The lowest BCUT2D eigenvalue weighted by atomic mass is 10.1. The van der Waals surface area contributed by atoms with Crippen LogP contribution >= 0.6 is 11.3 Å². The molecule has 0 saturated carbocycles. The van der Waals surface area contributed by atoms with Gasteiger partial charge >= 0.3 is 0 Å². The van der Waals surface area contributed by atoms with Crippen LogP contribution in [0.5, 0.6) is 0 Å². The molecule has 0 atom stereocenters. The molecule has 0 radical (unpaired) electrons. The van der Waals surface area contributed by atoms with E-state index in [2.05, 4.69) is 34.5 Å². The predicted octanol–water partition coefficient (Wildman–Crippen LogP) is 3.89. The van der Waals surface area contributed by atoms with Crippen molar-refractivity contribution in [3.8, 4) is 10.6 Å². The van der Waals surface area contributed by atoms with E-state index in [9.17, 15) is 4.79 Å². The Bertz CT molecular complexity index is 1010. The summed E-state index contributed by atoms with van der Waals surface area (Å²) in [6, 6.07) is 16.3. The monoisotopic (exact) mass is 436 g/mol. The zero-order chi connectivity index (χ0) is 21.6. The smallest absolute Gasteiger partial charge is 0.230 e. The number of anilines is 2. The summed E-state index contributed by atoms with van der Waals surface area (Å²) in [6.07, 6.45) is 0.263. The Labute approximate surface area is 187 Å². The van der Waals surface area contributed by atoms with Crippen molar-refractivity contribution in [1.29, 1.82) is 0 Å². The maximum atomic E-state index is 12.4. The van der Waals surface area contributed by atoms with Gasteiger partial charge in [-0.3, -0.25) is 9.69 Å². The molecule has 31 heavy (non-hydrogen) atoms. The van der Waals surface area contributed by atoms with Crippen LogP contribution in [0.1, 0.15) is 11.3 Å². The summed E-state index contributed by atoms with van der Waals surface area (Å²) in [5.74, 6) is -0.0597. The molecule has 0 aliphatic carbocycles. The van der Waals surface area contributed by atoms with Gasteiger partial charge in [-0.1, -0.05) is 18.2 Å². The zero-order valence-corrected chi connectivity index (χ0v) is 18.8. The van der Waals surface area contributed by atoms with Gasteiger partial charge in [0.15, 0.2) is 0 Å². The number of thiazole rings is 1. The van der Waals surface area contributed by atoms with Crippen molar-refractivity contribution >= 4 is 28.6 Å². The minimum atomic E-state index is -0.0597. The fourth-order valence-electron chi connectivity index (χ4n) is 3.55. The van der Waals surface area contributed by atoms with Gasteiger partial charge in [0, 0.05) is 56.0 Å². The van der Waals surface area contributed by atoms with Crippen LogP contribution in [-0.4, -0.2) is 56.2 Å². The second-order valence-electron chi connectivity index (χ2n) is 7.90. The Morgan fingerprint density at radius 1 is 1.16 bits per heavy atom. The van der Waals surface area contributed by atoms with Crippen LogP contribution in [-0.2, 0) is 22.5 Å². The number of amides is 1. The fraction of sp³-hybridized carbons (Fsp3) is 0.333. The molecule has 7 heteroatoms. The van der Waals surface area contributed by atoms with E-state index in [1.807, 2.05) is 48.6 Å². The lowest BCUT2D eigenvalue weighted by Gasteiger charge is -2.26. The van der Waals surface area contributed by atoms with E-state index in [1.54, 1.807) is 11.3 Å². The highest BCUT2D eigenvalue weighted by Crippen LogP contribution is 2.25. The number of ether oxygens (including phenoxy) is 1. The Hall–Kier alpha value is -2.74. The number of morpholine rings is 1. The summed E-state index contributed by atoms with van der Waals surface area (Å²) in [4.78, 5) is 21.6. The van der Waals surface area contributed by atoms with Gasteiger partial charge in [0.1, 0.15) is 5.01 Å². The molecular weight excluding hydrogens is 408 g/mol. The molecule has 162 valence electrons. The van der Waals surface area contributed by atoms with Crippen LogP contribution in [0.3, 0.4) is 0 Å². The van der Waals surface area contributed by atoms with Crippen LogP contribution in [0.25, 0.3) is 10.6 Å². The van der Waals surface area contributed by atoms with Gasteiger partial charge < -0.3 is 15.0 Å². The quantitative estimate of drug-likeness (QED) is 0.609. The number of carbonyl (C=O) groups excluding carboxylic acids is 1. The van der Waals surface area contributed by atoms with Crippen molar-refractivity contribution in [2.24, 2.45) is 0 Å². The first-order valence-electron chi connectivity index (χ1n) is 10.5. The van der Waals surface area contributed by atoms with Crippen molar-refractivity contribution < 1.29 is 9.53 Å². The van der Waals surface area contributed by atoms with Gasteiger partial charge in [0.25, 0.3) is 0 Å². The molecule has 3 aromatic rings. The van der Waals surface area contributed by atoms with Gasteiger partial charge in [0.05, 0.1) is 25.3 Å². The second-order valence-corrected chi connectivity index (χ2v) is 8.76. The largest absolute Gasteiger partial charge is 0.379 e. The van der Waals surface area contributed by atoms with Gasteiger partial charge in [-0.05, 0) is 35.9 Å². The van der Waals surface area contributed by atoms with Crippen molar-refractivity contribution in [3.05, 3.63) is 65.2 Å². The average molecular weight is 437 g/mol. The highest BCUT2D eigenvalue weighted by atomic mass is 32.1. The molecular formula is C24H28N4O2S. The zero-order valence-electron chi connectivity index (χ0n) is 18.0. The highest BCUT2D eigenvalue weighted by Gasteiger charge is 2.13. The standard InChI is InChI=1S/C24H28N4O2S/c1-27(2)22-8-6-20(7-9-22)25-23(29)15-21-17-31-24(26-21)19-5-3-4-18(14-19)16-28-10-12-30-13-11-28/h3-9,14,17H,10-13,15-16H2,1-2H3,(H,25,29). The minimum absolute atomic E-state index is 0.0597. The first-order chi connectivity index (χ1) is 15.1. The van der Waals surface area contributed by atoms with Crippen LogP contribution in [0, 0.1) is 0 Å². The molecule has 2 aromatic carbocycles. The summed E-state index contributed by atoms with van der Waals surface area (Å²) in [5, 5.41) is 5.87. The summed E-state index contributed by atoms with van der Waals surface area (Å²) >= 11 is 1.58.